The molecule has 0 saturated carbocycles. The van der Waals surface area contributed by atoms with Gasteiger partial charge in [-0.15, -0.1) is 0 Å². The summed E-state index contributed by atoms with van der Waals surface area (Å²) in [4.78, 5) is 1.51. The first-order valence-electron chi connectivity index (χ1n) is 10.3. The summed E-state index contributed by atoms with van der Waals surface area (Å²) in [5, 5.41) is 10.3. The normalized spacial score (nSPS) is 22.9. The van der Waals surface area contributed by atoms with Gasteiger partial charge in [-0.3, -0.25) is 0 Å². The number of piperidine rings is 1. The van der Waals surface area contributed by atoms with Crippen molar-refractivity contribution in [3.63, 3.8) is 0 Å². The predicted octanol–water partition coefficient (Wildman–Crippen LogP) is 3.45. The quantitative estimate of drug-likeness (QED) is 0.779. The van der Waals surface area contributed by atoms with E-state index < -0.39 is 6.10 Å². The molecule has 1 aliphatic rings. The van der Waals surface area contributed by atoms with Gasteiger partial charge in [0.25, 0.3) is 0 Å². The lowest BCUT2D eigenvalue weighted by Gasteiger charge is -2.33. The van der Waals surface area contributed by atoms with Crippen LogP contribution in [0.15, 0.2) is 24.3 Å². The standard InChI is InChI=1S/C23H39NO2/c1-18-11-13-24(14-12-18)15-20(25)16-26-21-9-7-19(8-10-21)23(5,6)17-22(2,3)4/h7-10,18,20,25H,11-17H2,1-6H3/p+1/t20-/m0/s1. The molecule has 1 aliphatic heterocycles. The Balaban J connectivity index is 1.81. The smallest absolute Gasteiger partial charge is 0.137 e. The fourth-order valence-corrected chi connectivity index (χ4v) is 4.39. The Bertz CT molecular complexity index is 536. The van der Waals surface area contributed by atoms with E-state index in [9.17, 15) is 5.11 Å². The van der Waals surface area contributed by atoms with E-state index in [1.165, 1.54) is 36.4 Å². The predicted molar refractivity (Wildman–Crippen MR) is 109 cm³/mol. The summed E-state index contributed by atoms with van der Waals surface area (Å²) in [6.07, 6.45) is 3.29. The summed E-state index contributed by atoms with van der Waals surface area (Å²) in [5.74, 6) is 1.69. The SMILES string of the molecule is CC1CC[NH+](C[C@H](O)COc2ccc(C(C)(C)CC(C)(C)C)cc2)CC1. The minimum absolute atomic E-state index is 0.144. The zero-order valence-electron chi connectivity index (χ0n) is 17.8. The van der Waals surface area contributed by atoms with Gasteiger partial charge in [0.2, 0.25) is 0 Å². The van der Waals surface area contributed by atoms with Crippen molar-refractivity contribution in [3.8, 4) is 5.75 Å². The number of aliphatic hydroxyl groups is 1. The summed E-state index contributed by atoms with van der Waals surface area (Å²) in [7, 11) is 0. The van der Waals surface area contributed by atoms with Gasteiger partial charge in [0.15, 0.2) is 0 Å². The Kier molecular flexibility index (Phi) is 7.15. The van der Waals surface area contributed by atoms with E-state index in [1.54, 1.807) is 0 Å². The van der Waals surface area contributed by atoms with Crippen LogP contribution < -0.4 is 9.64 Å². The molecule has 1 fully saturated rings. The number of likely N-dealkylation sites (tertiary alicyclic amines) is 1. The molecule has 2 rings (SSSR count). The molecule has 1 saturated heterocycles. The van der Waals surface area contributed by atoms with Crippen molar-refractivity contribution in [1.82, 2.24) is 0 Å². The first kappa shape index (κ1) is 21.2. The van der Waals surface area contributed by atoms with Gasteiger partial charge < -0.3 is 14.7 Å². The van der Waals surface area contributed by atoms with Gasteiger partial charge in [-0.25, -0.2) is 0 Å². The molecule has 2 N–H and O–H groups in total. The van der Waals surface area contributed by atoms with Gasteiger partial charge in [-0.2, -0.15) is 0 Å². The van der Waals surface area contributed by atoms with E-state index in [1.807, 2.05) is 12.1 Å². The molecule has 1 heterocycles. The Labute approximate surface area is 160 Å². The summed E-state index contributed by atoms with van der Waals surface area (Å²) in [6.45, 7) is 17.3. The zero-order chi connectivity index (χ0) is 19.4. The zero-order valence-corrected chi connectivity index (χ0v) is 17.8. The maximum Gasteiger partial charge on any atom is 0.137 e. The van der Waals surface area contributed by atoms with Crippen LogP contribution >= 0.6 is 0 Å². The summed E-state index contributed by atoms with van der Waals surface area (Å²) in [5.41, 5.74) is 1.79. The van der Waals surface area contributed by atoms with Gasteiger partial charge in [0, 0.05) is 0 Å². The first-order chi connectivity index (χ1) is 12.0. The maximum absolute atomic E-state index is 10.3. The molecular weight excluding hydrogens is 322 g/mol. The maximum atomic E-state index is 10.3. The Morgan fingerprint density at radius 3 is 2.19 bits per heavy atom. The minimum Gasteiger partial charge on any atom is -0.491 e. The lowest BCUT2D eigenvalue weighted by Crippen LogP contribution is -3.14. The van der Waals surface area contributed by atoms with Crippen LogP contribution in [0.25, 0.3) is 0 Å². The van der Waals surface area contributed by atoms with E-state index >= 15 is 0 Å². The number of ether oxygens (including phenoxy) is 1. The van der Waals surface area contributed by atoms with Gasteiger partial charge in [-0.1, -0.05) is 53.7 Å². The molecule has 0 aliphatic carbocycles. The number of hydrogen-bond donors (Lipinski definition) is 2. The molecule has 1 aromatic rings. The van der Waals surface area contributed by atoms with Gasteiger partial charge in [-0.05, 0) is 53.7 Å². The van der Waals surface area contributed by atoms with Gasteiger partial charge >= 0.3 is 0 Å². The van der Waals surface area contributed by atoms with Crippen molar-refractivity contribution in [2.24, 2.45) is 11.3 Å². The first-order valence-corrected chi connectivity index (χ1v) is 10.3. The molecule has 26 heavy (non-hydrogen) atoms. The molecule has 0 aromatic heterocycles. The topological polar surface area (TPSA) is 33.9 Å². The third-order valence-corrected chi connectivity index (χ3v) is 5.56. The summed E-state index contributed by atoms with van der Waals surface area (Å²) in [6, 6.07) is 8.43. The van der Waals surface area contributed by atoms with E-state index in [2.05, 4.69) is 53.7 Å². The van der Waals surface area contributed by atoms with Crippen LogP contribution in [-0.2, 0) is 5.41 Å². The average Bonchev–Trinajstić information content (AvgIpc) is 2.53. The van der Waals surface area contributed by atoms with Crippen LogP contribution in [0, 0.1) is 11.3 Å². The Morgan fingerprint density at radius 1 is 1.08 bits per heavy atom. The molecule has 0 unspecified atom stereocenters. The van der Waals surface area contributed by atoms with Crippen LogP contribution in [0.1, 0.15) is 66.4 Å². The Hall–Kier alpha value is -1.06. The molecule has 0 radical (unpaired) electrons. The largest absolute Gasteiger partial charge is 0.491 e. The lowest BCUT2D eigenvalue weighted by molar-refractivity contribution is -0.909. The van der Waals surface area contributed by atoms with E-state index in [0.717, 1.165) is 24.6 Å². The number of nitrogens with one attached hydrogen (secondary N) is 1. The highest BCUT2D eigenvalue weighted by Gasteiger charge is 2.27. The van der Waals surface area contributed by atoms with Gasteiger partial charge in [0.05, 0.1) is 13.1 Å². The molecule has 0 spiro atoms. The number of quaternary nitrogens is 1. The second kappa shape index (κ2) is 8.75. The van der Waals surface area contributed by atoms with Gasteiger partial charge in [0.1, 0.15) is 25.0 Å². The van der Waals surface area contributed by atoms with Crippen molar-refractivity contribution >= 4 is 0 Å². The van der Waals surface area contributed by atoms with Crippen LogP contribution in [0.5, 0.6) is 5.75 Å². The van der Waals surface area contributed by atoms with Crippen LogP contribution in [0.4, 0.5) is 0 Å². The molecule has 3 heteroatoms. The molecule has 3 nitrogen and oxygen atoms in total. The second-order valence-corrected chi connectivity index (χ2v) is 10.2. The van der Waals surface area contributed by atoms with E-state index in [4.69, 9.17) is 4.74 Å². The summed E-state index contributed by atoms with van der Waals surface area (Å²) >= 11 is 0. The van der Waals surface area contributed by atoms with E-state index in [-0.39, 0.29) is 5.41 Å². The van der Waals surface area contributed by atoms with Crippen LogP contribution in [-0.4, -0.2) is 37.5 Å². The number of aliphatic hydroxyl groups excluding tert-OH is 1. The van der Waals surface area contributed by atoms with E-state index in [0.29, 0.717) is 12.0 Å². The van der Waals surface area contributed by atoms with Crippen molar-refractivity contribution in [2.75, 3.05) is 26.2 Å². The number of benzene rings is 1. The molecular formula is C23H40NO2+. The Morgan fingerprint density at radius 2 is 1.65 bits per heavy atom. The highest BCUT2D eigenvalue weighted by molar-refractivity contribution is 5.31. The monoisotopic (exact) mass is 362 g/mol. The molecule has 0 amide bonds. The fourth-order valence-electron chi connectivity index (χ4n) is 4.39. The fraction of sp³-hybridized carbons (Fsp3) is 0.739. The second-order valence-electron chi connectivity index (χ2n) is 10.2. The number of hydrogen-bond acceptors (Lipinski definition) is 2. The molecule has 0 bridgehead atoms. The average molecular weight is 363 g/mol. The minimum atomic E-state index is -0.393. The third-order valence-electron chi connectivity index (χ3n) is 5.56. The van der Waals surface area contributed by atoms with Crippen molar-refractivity contribution < 1.29 is 14.7 Å². The molecule has 148 valence electrons. The highest BCUT2D eigenvalue weighted by Crippen LogP contribution is 2.36. The molecule has 1 atom stereocenters. The highest BCUT2D eigenvalue weighted by atomic mass is 16.5. The summed E-state index contributed by atoms with van der Waals surface area (Å²) < 4.78 is 5.84. The van der Waals surface area contributed by atoms with Crippen molar-refractivity contribution in [3.05, 3.63) is 29.8 Å². The lowest BCUT2D eigenvalue weighted by atomic mass is 9.72. The third kappa shape index (κ3) is 6.92. The van der Waals surface area contributed by atoms with Crippen LogP contribution in [0.3, 0.4) is 0 Å². The van der Waals surface area contributed by atoms with Crippen molar-refractivity contribution in [1.29, 1.82) is 0 Å². The van der Waals surface area contributed by atoms with Crippen molar-refractivity contribution in [2.45, 2.75) is 72.3 Å². The van der Waals surface area contributed by atoms with Crippen LogP contribution in [0.2, 0.25) is 0 Å². The number of rotatable bonds is 7. The molecule has 1 aromatic carbocycles.